The standard InChI is InChI=1S/C26H25NO7.C13H12BO3.C13H14BrNO6/c28-24(29)15-27(16-25(30)31)23(26(32)33)14-18-6-8-20(9-7-18)21-10-12-22(13-11-21)34-17-19-4-2-1-3-5-19;15-14-17-13-8-6-12(7-9-13)16-10-11-4-2-1-3-5-11;14-9-3-1-8(2-4-9)5-10(13(20)21)15(6-11(16)17)7-12(18)19/h1-13,23H,14-17H2,(H,28,29)(H,30,31)(H,32,33);1-9,15H,10H2;1-4,10H,5-7H2,(H,16,17)(H,18,19)(H,20,21). The summed E-state index contributed by atoms with van der Waals surface area (Å²) in [6.45, 7) is -1.66. The summed E-state index contributed by atoms with van der Waals surface area (Å²) in [6, 6.07) is 46.0. The number of nitrogens with zero attached hydrogens (tertiary/aromatic N) is 2. The smallest absolute Gasteiger partial charge is 0.537 e. The number of ether oxygens (including phenoxy) is 2. The Hall–Kier alpha value is -8.04. The van der Waals surface area contributed by atoms with E-state index in [1.165, 1.54) is 0 Å². The van der Waals surface area contributed by atoms with Crippen molar-refractivity contribution in [2.75, 3.05) is 26.2 Å². The van der Waals surface area contributed by atoms with E-state index in [9.17, 15) is 39.0 Å². The molecule has 6 aromatic carbocycles. The van der Waals surface area contributed by atoms with Crippen molar-refractivity contribution >= 4 is 59.4 Å². The van der Waals surface area contributed by atoms with E-state index in [1.807, 2.05) is 97.1 Å². The van der Waals surface area contributed by atoms with Crippen LogP contribution in [0.3, 0.4) is 0 Å². The van der Waals surface area contributed by atoms with Gasteiger partial charge in [-0.05, 0) is 94.8 Å². The number of carboxylic acid groups (broad SMARTS) is 6. The zero-order valence-electron chi connectivity index (χ0n) is 38.5. The SMILES string of the molecule is O=C(O)CN(CC(=O)O)C(Cc1ccc(-c2ccc(OCc3ccccc3)cc2)cc1)C(=O)O.O=C(O)CN(CC(=O)O)C(Cc1ccc(Br)cc1)C(=O)O.O[B]Oc1ccc(OCc2ccccc2)cc1. The second-order valence-electron chi connectivity index (χ2n) is 15.6. The van der Waals surface area contributed by atoms with Crippen LogP contribution in [0.1, 0.15) is 22.3 Å². The van der Waals surface area contributed by atoms with Crippen LogP contribution in [-0.2, 0) is 54.8 Å². The Morgan fingerprint density at radius 2 is 0.750 bits per heavy atom. The third-order valence-corrected chi connectivity index (χ3v) is 10.8. The maximum absolute atomic E-state index is 11.7. The van der Waals surface area contributed by atoms with E-state index in [0.29, 0.717) is 37.8 Å². The van der Waals surface area contributed by atoms with E-state index in [0.717, 1.165) is 48.0 Å². The Morgan fingerprint density at radius 3 is 1.08 bits per heavy atom. The maximum Gasteiger partial charge on any atom is 0.569 e. The molecule has 0 heterocycles. The third kappa shape index (κ3) is 20.9. The molecule has 0 saturated carbocycles. The number of carbonyl (C=O) groups is 6. The van der Waals surface area contributed by atoms with Crippen molar-refractivity contribution in [3.8, 4) is 28.4 Å². The fraction of sp³-hybridized carbons (Fsp3) is 0.192. The number of rotatable bonds is 25. The van der Waals surface area contributed by atoms with Gasteiger partial charge in [-0.25, -0.2) is 0 Å². The summed E-state index contributed by atoms with van der Waals surface area (Å²) in [5, 5.41) is 62.9. The number of carboxylic acids is 6. The second-order valence-corrected chi connectivity index (χ2v) is 16.5. The Kier molecular flexibility index (Phi) is 23.5. The first kappa shape index (κ1) is 56.6. The van der Waals surface area contributed by atoms with Crippen LogP contribution < -0.4 is 14.1 Å². The average Bonchev–Trinajstić information content (AvgIpc) is 3.35. The highest BCUT2D eigenvalue weighted by Crippen LogP contribution is 2.25. The van der Waals surface area contributed by atoms with Crippen LogP contribution in [0.2, 0.25) is 0 Å². The van der Waals surface area contributed by atoms with Gasteiger partial charge in [0.15, 0.2) is 0 Å². The van der Waals surface area contributed by atoms with Gasteiger partial charge in [-0.1, -0.05) is 125 Å². The Morgan fingerprint density at radius 1 is 0.431 bits per heavy atom. The molecule has 6 aromatic rings. The molecule has 0 aliphatic rings. The molecule has 6 rings (SSSR count). The first-order valence-electron chi connectivity index (χ1n) is 21.8. The van der Waals surface area contributed by atoms with Gasteiger partial charge in [0.05, 0.1) is 26.2 Å². The van der Waals surface area contributed by atoms with Gasteiger partial charge in [0, 0.05) is 4.47 Å². The van der Waals surface area contributed by atoms with Gasteiger partial charge < -0.3 is 49.8 Å². The molecule has 18 nitrogen and oxygen atoms in total. The summed E-state index contributed by atoms with van der Waals surface area (Å²) in [6.07, 6.45) is -0.00832. The normalized spacial score (nSPS) is 11.3. The first-order valence-corrected chi connectivity index (χ1v) is 22.6. The number of hydrogen-bond donors (Lipinski definition) is 7. The molecule has 7 N–H and O–H groups in total. The largest absolute Gasteiger partial charge is 0.569 e. The highest BCUT2D eigenvalue weighted by molar-refractivity contribution is 9.10. The molecule has 2 atom stereocenters. The molecule has 0 saturated heterocycles. The number of hydrogen-bond acceptors (Lipinski definition) is 12. The van der Waals surface area contributed by atoms with E-state index < -0.39 is 74.1 Å². The van der Waals surface area contributed by atoms with Gasteiger partial charge in [-0.15, -0.1) is 0 Å². The Balaban J connectivity index is 0.000000253. The molecule has 0 aliphatic heterocycles. The molecular weight excluding hydrogens is 999 g/mol. The van der Waals surface area contributed by atoms with Crippen molar-refractivity contribution in [1.29, 1.82) is 0 Å². The molecule has 20 heteroatoms. The van der Waals surface area contributed by atoms with E-state index in [4.69, 9.17) is 39.6 Å². The highest BCUT2D eigenvalue weighted by atomic mass is 79.9. The molecule has 0 aromatic heterocycles. The van der Waals surface area contributed by atoms with Crippen molar-refractivity contribution in [1.82, 2.24) is 9.80 Å². The fourth-order valence-corrected chi connectivity index (χ4v) is 7.06. The molecule has 0 fully saturated rings. The number of aliphatic carboxylic acids is 6. The van der Waals surface area contributed by atoms with Gasteiger partial charge >= 0.3 is 43.5 Å². The topological polar surface area (TPSA) is 278 Å². The van der Waals surface area contributed by atoms with E-state index in [1.54, 1.807) is 60.7 Å². The predicted molar refractivity (Wildman–Crippen MR) is 267 cm³/mol. The molecule has 72 heavy (non-hydrogen) atoms. The lowest BCUT2D eigenvalue weighted by atomic mass is 10.00. The van der Waals surface area contributed by atoms with Crippen LogP contribution in [0.5, 0.6) is 17.2 Å². The number of halogens is 1. The van der Waals surface area contributed by atoms with Crippen molar-refractivity contribution < 1.29 is 78.6 Å². The van der Waals surface area contributed by atoms with Gasteiger partial charge in [-0.2, -0.15) is 0 Å². The summed E-state index contributed by atoms with van der Waals surface area (Å²) in [4.78, 5) is 68.6. The number of benzene rings is 6. The maximum atomic E-state index is 11.7. The molecular formula is C52H51BBrN2O16. The van der Waals surface area contributed by atoms with Crippen molar-refractivity contribution in [2.24, 2.45) is 0 Å². The van der Waals surface area contributed by atoms with Crippen LogP contribution in [0, 0.1) is 0 Å². The molecule has 2 unspecified atom stereocenters. The minimum Gasteiger partial charge on any atom is -0.537 e. The van der Waals surface area contributed by atoms with Crippen LogP contribution >= 0.6 is 15.9 Å². The minimum atomic E-state index is -1.29. The molecule has 375 valence electrons. The Labute approximate surface area is 423 Å². The van der Waals surface area contributed by atoms with Crippen molar-refractivity contribution in [3.05, 3.63) is 184 Å². The van der Waals surface area contributed by atoms with Crippen LogP contribution in [-0.4, -0.2) is 127 Å². The van der Waals surface area contributed by atoms with E-state index in [2.05, 4.69) is 15.9 Å². The molecule has 0 spiro atoms. The zero-order valence-corrected chi connectivity index (χ0v) is 40.1. The quantitative estimate of drug-likeness (QED) is 0.0302. The zero-order chi connectivity index (χ0) is 52.4. The van der Waals surface area contributed by atoms with Gasteiger partial charge in [0.1, 0.15) is 42.5 Å². The summed E-state index contributed by atoms with van der Waals surface area (Å²) in [5.74, 6) is -5.61. The Bertz CT molecular complexity index is 2610. The minimum absolute atomic E-state index is 0.0170. The molecule has 0 aliphatic carbocycles. The molecule has 0 amide bonds. The van der Waals surface area contributed by atoms with Crippen LogP contribution in [0.25, 0.3) is 11.1 Å². The van der Waals surface area contributed by atoms with Gasteiger partial charge in [0.25, 0.3) is 0 Å². The monoisotopic (exact) mass is 1050 g/mol. The van der Waals surface area contributed by atoms with Crippen LogP contribution in [0.15, 0.2) is 162 Å². The summed E-state index contributed by atoms with van der Waals surface area (Å²) >= 11 is 3.25. The van der Waals surface area contributed by atoms with Crippen molar-refractivity contribution in [2.45, 2.75) is 38.1 Å². The third-order valence-electron chi connectivity index (χ3n) is 10.2. The van der Waals surface area contributed by atoms with Crippen LogP contribution in [0.4, 0.5) is 0 Å². The fourth-order valence-electron chi connectivity index (χ4n) is 6.79. The van der Waals surface area contributed by atoms with Gasteiger partial charge in [0.2, 0.25) is 0 Å². The lowest BCUT2D eigenvalue weighted by molar-refractivity contribution is -0.152. The summed E-state index contributed by atoms with van der Waals surface area (Å²) in [7, 11) is 0.653. The van der Waals surface area contributed by atoms with Gasteiger partial charge in [-0.3, -0.25) is 38.6 Å². The second kappa shape index (κ2) is 29.9. The van der Waals surface area contributed by atoms with Crippen molar-refractivity contribution in [3.63, 3.8) is 0 Å². The highest BCUT2D eigenvalue weighted by Gasteiger charge is 2.30. The summed E-state index contributed by atoms with van der Waals surface area (Å²) < 4.78 is 17.0. The average molecular weight is 1050 g/mol. The lowest BCUT2D eigenvalue weighted by Gasteiger charge is -2.25. The summed E-state index contributed by atoms with van der Waals surface area (Å²) in [5.41, 5.74) is 5.39. The predicted octanol–water partition coefficient (Wildman–Crippen LogP) is 6.49. The van der Waals surface area contributed by atoms with E-state index in [-0.39, 0.29) is 12.8 Å². The molecule has 0 bridgehead atoms. The van der Waals surface area contributed by atoms with E-state index >= 15 is 0 Å². The lowest BCUT2D eigenvalue weighted by Crippen LogP contribution is -2.47. The first-order chi connectivity index (χ1) is 34.5. The molecule has 1 radical (unpaired) electrons.